The van der Waals surface area contributed by atoms with Crippen molar-refractivity contribution in [3.05, 3.63) is 47.4 Å². The van der Waals surface area contributed by atoms with Crippen molar-refractivity contribution in [1.82, 2.24) is 0 Å². The summed E-state index contributed by atoms with van der Waals surface area (Å²) in [6.45, 7) is 4.15. The number of nitrogens with two attached hydrogens (primary N) is 1. The third-order valence-electron chi connectivity index (χ3n) is 5.03. The molecule has 1 aromatic carbocycles. The number of esters is 1. The van der Waals surface area contributed by atoms with Crippen molar-refractivity contribution in [3.63, 3.8) is 0 Å². The molecular formula is C24H37NO4S. The molecule has 2 atom stereocenters. The molecule has 6 heteroatoms. The Bertz CT molecular complexity index is 650. The number of hydrogen-bond acceptors (Lipinski definition) is 5. The summed E-state index contributed by atoms with van der Waals surface area (Å²) in [6, 6.07) is 10.8. The standard InChI is InChI=1S/C16H26.C8H11NO4S/c1-2-3-4-5-6-7-8-10-13-16-14-11-9-12-15-16;1-2-13-6(10)5-8(9,7(11)12)3-4-14-5/h9,11-12,14-15H,2-8,10,13H2,1H3;3-5H,2,9H2,1H3,(H,11,12). The molecule has 0 amide bonds. The lowest BCUT2D eigenvalue weighted by atomic mass is 9.97. The first-order chi connectivity index (χ1) is 14.5. The van der Waals surface area contributed by atoms with E-state index in [0.29, 0.717) is 0 Å². The van der Waals surface area contributed by atoms with Gasteiger partial charge in [0.15, 0.2) is 5.54 Å². The zero-order valence-electron chi connectivity index (χ0n) is 18.3. The summed E-state index contributed by atoms with van der Waals surface area (Å²) in [7, 11) is 0. The smallest absolute Gasteiger partial charge is 0.329 e. The molecule has 0 spiro atoms. The van der Waals surface area contributed by atoms with Crippen LogP contribution in [0, 0.1) is 0 Å². The Kier molecular flexibility index (Phi) is 13.2. The van der Waals surface area contributed by atoms with Gasteiger partial charge >= 0.3 is 11.9 Å². The van der Waals surface area contributed by atoms with Crippen molar-refractivity contribution in [1.29, 1.82) is 0 Å². The fraction of sp³-hybridized carbons (Fsp3) is 0.583. The molecule has 3 N–H and O–H groups in total. The van der Waals surface area contributed by atoms with E-state index in [0.717, 1.165) is 11.8 Å². The summed E-state index contributed by atoms with van der Waals surface area (Å²) < 4.78 is 4.73. The van der Waals surface area contributed by atoms with Crippen molar-refractivity contribution < 1.29 is 19.4 Å². The average molecular weight is 436 g/mol. The molecule has 2 unspecified atom stereocenters. The number of carboxylic acids is 1. The van der Waals surface area contributed by atoms with Crippen molar-refractivity contribution >= 4 is 23.7 Å². The molecule has 1 aliphatic heterocycles. The summed E-state index contributed by atoms with van der Waals surface area (Å²) in [6.07, 6.45) is 13.9. The van der Waals surface area contributed by atoms with Gasteiger partial charge in [0.2, 0.25) is 0 Å². The van der Waals surface area contributed by atoms with Crippen LogP contribution in [0.25, 0.3) is 0 Å². The first-order valence-electron chi connectivity index (χ1n) is 11.0. The van der Waals surface area contributed by atoms with Gasteiger partial charge in [-0.15, -0.1) is 11.8 Å². The summed E-state index contributed by atoms with van der Waals surface area (Å²) in [5.41, 5.74) is 5.42. The van der Waals surface area contributed by atoms with Crippen molar-refractivity contribution in [3.8, 4) is 0 Å². The van der Waals surface area contributed by atoms with E-state index in [1.54, 1.807) is 6.92 Å². The van der Waals surface area contributed by atoms with Crippen molar-refractivity contribution in [2.24, 2.45) is 5.73 Å². The third-order valence-corrected chi connectivity index (χ3v) is 6.17. The normalized spacial score (nSPS) is 19.8. The SMILES string of the molecule is CCCCCCCCCCc1ccccc1.CCOC(=O)C1SC=CC1(N)C(=O)O. The number of carboxylic acid groups (broad SMARTS) is 1. The van der Waals surface area contributed by atoms with Gasteiger partial charge in [0.05, 0.1) is 6.61 Å². The molecule has 1 heterocycles. The summed E-state index contributed by atoms with van der Waals surface area (Å²) >= 11 is 1.06. The zero-order valence-corrected chi connectivity index (χ0v) is 19.2. The summed E-state index contributed by atoms with van der Waals surface area (Å²) in [5.74, 6) is -1.82. The Balaban J connectivity index is 0.000000303. The van der Waals surface area contributed by atoms with Crippen LogP contribution in [-0.4, -0.2) is 34.4 Å². The summed E-state index contributed by atoms with van der Waals surface area (Å²) in [4.78, 5) is 22.2. The lowest BCUT2D eigenvalue weighted by Crippen LogP contribution is -2.55. The zero-order chi connectivity index (χ0) is 22.2. The number of rotatable bonds is 12. The maximum Gasteiger partial charge on any atom is 0.329 e. The van der Waals surface area contributed by atoms with E-state index in [4.69, 9.17) is 15.6 Å². The maximum absolute atomic E-state index is 11.3. The minimum absolute atomic E-state index is 0.214. The molecular weight excluding hydrogens is 398 g/mol. The van der Waals surface area contributed by atoms with E-state index >= 15 is 0 Å². The molecule has 0 radical (unpaired) electrons. The molecule has 2 rings (SSSR count). The van der Waals surface area contributed by atoms with Gasteiger partial charge in [-0.2, -0.15) is 0 Å². The van der Waals surface area contributed by atoms with Gasteiger partial charge in [0, 0.05) is 0 Å². The molecule has 0 saturated carbocycles. The van der Waals surface area contributed by atoms with Crippen LogP contribution in [0.4, 0.5) is 0 Å². The van der Waals surface area contributed by atoms with Gasteiger partial charge in [-0.25, -0.2) is 4.79 Å². The lowest BCUT2D eigenvalue weighted by Gasteiger charge is -2.23. The molecule has 0 bridgehead atoms. The van der Waals surface area contributed by atoms with Crippen LogP contribution in [0.3, 0.4) is 0 Å². The van der Waals surface area contributed by atoms with Crippen molar-refractivity contribution in [2.45, 2.75) is 82.4 Å². The van der Waals surface area contributed by atoms with Crippen LogP contribution in [0.15, 0.2) is 41.8 Å². The highest BCUT2D eigenvalue weighted by molar-refractivity contribution is 8.03. The van der Waals surface area contributed by atoms with Crippen LogP contribution < -0.4 is 5.73 Å². The van der Waals surface area contributed by atoms with E-state index in [2.05, 4.69) is 37.3 Å². The molecule has 0 saturated heterocycles. The van der Waals surface area contributed by atoms with Gasteiger partial charge < -0.3 is 15.6 Å². The number of hydrogen-bond donors (Lipinski definition) is 2. The van der Waals surface area contributed by atoms with Crippen LogP contribution >= 0.6 is 11.8 Å². The van der Waals surface area contributed by atoms with Crippen LogP contribution in [0.5, 0.6) is 0 Å². The van der Waals surface area contributed by atoms with E-state index in [-0.39, 0.29) is 6.61 Å². The lowest BCUT2D eigenvalue weighted by molar-refractivity contribution is -0.150. The van der Waals surface area contributed by atoms with E-state index < -0.39 is 22.7 Å². The number of carbonyl (C=O) groups is 2. The monoisotopic (exact) mass is 435 g/mol. The van der Waals surface area contributed by atoms with Crippen LogP contribution in [0.1, 0.15) is 70.8 Å². The van der Waals surface area contributed by atoms with Gasteiger partial charge in [-0.05, 0) is 36.8 Å². The minimum Gasteiger partial charge on any atom is -0.480 e. The quantitative estimate of drug-likeness (QED) is 0.341. The number of aliphatic carboxylic acids is 1. The second-order valence-electron chi connectivity index (χ2n) is 7.52. The Morgan fingerprint density at radius 1 is 1.03 bits per heavy atom. The first-order valence-corrected chi connectivity index (χ1v) is 12.0. The summed E-state index contributed by atoms with van der Waals surface area (Å²) in [5, 5.41) is 9.48. The number of benzene rings is 1. The Morgan fingerprint density at radius 3 is 2.20 bits per heavy atom. The van der Waals surface area contributed by atoms with Gasteiger partial charge in [-0.1, -0.05) is 82.2 Å². The predicted octanol–water partition coefficient (Wildman–Crippen LogP) is 5.33. The Hall–Kier alpha value is -1.79. The second kappa shape index (κ2) is 15.1. The van der Waals surface area contributed by atoms with E-state index in [1.807, 2.05) is 0 Å². The number of thioether (sulfide) groups is 1. The van der Waals surface area contributed by atoms with Gasteiger partial charge in [-0.3, -0.25) is 4.79 Å². The van der Waals surface area contributed by atoms with E-state index in [1.165, 1.54) is 74.8 Å². The first kappa shape index (κ1) is 26.2. The number of carbonyl (C=O) groups excluding carboxylic acids is 1. The Morgan fingerprint density at radius 2 is 1.63 bits per heavy atom. The van der Waals surface area contributed by atoms with E-state index in [9.17, 15) is 9.59 Å². The molecule has 1 aromatic rings. The third kappa shape index (κ3) is 9.35. The largest absolute Gasteiger partial charge is 0.480 e. The van der Waals surface area contributed by atoms with Crippen LogP contribution in [-0.2, 0) is 20.7 Å². The molecule has 1 aliphatic rings. The maximum atomic E-state index is 11.3. The highest BCUT2D eigenvalue weighted by Crippen LogP contribution is 2.32. The van der Waals surface area contributed by atoms with Gasteiger partial charge in [0.1, 0.15) is 5.25 Å². The Labute approximate surface area is 185 Å². The minimum atomic E-state index is -1.64. The van der Waals surface area contributed by atoms with Crippen LogP contribution in [0.2, 0.25) is 0 Å². The van der Waals surface area contributed by atoms with Gasteiger partial charge in [0.25, 0.3) is 0 Å². The molecule has 0 aliphatic carbocycles. The molecule has 168 valence electrons. The number of aryl methyl sites for hydroxylation is 1. The molecule has 30 heavy (non-hydrogen) atoms. The average Bonchev–Trinajstić information content (AvgIpc) is 3.15. The predicted molar refractivity (Wildman–Crippen MR) is 124 cm³/mol. The molecule has 0 fully saturated rings. The highest BCUT2D eigenvalue weighted by atomic mass is 32.2. The topological polar surface area (TPSA) is 89.6 Å². The second-order valence-corrected chi connectivity index (χ2v) is 8.54. The fourth-order valence-electron chi connectivity index (χ4n) is 3.19. The molecule has 0 aromatic heterocycles. The number of unbranched alkanes of at least 4 members (excludes halogenated alkanes) is 7. The number of ether oxygens (including phenoxy) is 1. The fourth-order valence-corrected chi connectivity index (χ4v) is 4.23. The van der Waals surface area contributed by atoms with Crippen molar-refractivity contribution in [2.75, 3.05) is 6.61 Å². The molecule has 5 nitrogen and oxygen atoms in total. The highest BCUT2D eigenvalue weighted by Gasteiger charge is 2.48.